The minimum absolute atomic E-state index is 0.0452. The van der Waals surface area contributed by atoms with Crippen LogP contribution in [0.2, 0.25) is 0 Å². The molecule has 1 aromatic rings. The highest BCUT2D eigenvalue weighted by Gasteiger charge is 2.06. The standard InChI is InChI=1S/C16H25BrN2O2/c1-4-7-19-16(20)11-21-15-6-5-13(8-14(15)17)10-18-9-12(2)3/h5-6,8,12,18H,4,7,9-11H2,1-3H3,(H,19,20). The second-order valence-electron chi connectivity index (χ2n) is 5.43. The average Bonchev–Trinajstić information content (AvgIpc) is 2.43. The van der Waals surface area contributed by atoms with Crippen molar-refractivity contribution in [1.82, 2.24) is 10.6 Å². The molecule has 118 valence electrons. The van der Waals surface area contributed by atoms with Crippen LogP contribution >= 0.6 is 15.9 Å². The van der Waals surface area contributed by atoms with E-state index in [0.29, 0.717) is 18.2 Å². The number of hydrogen-bond acceptors (Lipinski definition) is 3. The zero-order chi connectivity index (χ0) is 15.7. The van der Waals surface area contributed by atoms with E-state index in [-0.39, 0.29) is 12.5 Å². The molecule has 0 saturated heterocycles. The van der Waals surface area contributed by atoms with Gasteiger partial charge in [-0.2, -0.15) is 0 Å². The predicted octanol–water partition coefficient (Wildman–Crippen LogP) is 3.10. The maximum Gasteiger partial charge on any atom is 0.257 e. The SMILES string of the molecule is CCCNC(=O)COc1ccc(CNCC(C)C)cc1Br. The third kappa shape index (κ3) is 7.48. The first-order chi connectivity index (χ1) is 10.0. The summed E-state index contributed by atoms with van der Waals surface area (Å²) in [4.78, 5) is 11.5. The van der Waals surface area contributed by atoms with Crippen LogP contribution in [0.15, 0.2) is 22.7 Å². The minimum Gasteiger partial charge on any atom is -0.483 e. The van der Waals surface area contributed by atoms with Crippen molar-refractivity contribution in [2.24, 2.45) is 5.92 Å². The van der Waals surface area contributed by atoms with Gasteiger partial charge in [-0.05, 0) is 52.5 Å². The summed E-state index contributed by atoms with van der Waals surface area (Å²) in [6, 6.07) is 5.92. The molecule has 0 heterocycles. The van der Waals surface area contributed by atoms with Crippen molar-refractivity contribution in [2.45, 2.75) is 33.7 Å². The number of hydrogen-bond donors (Lipinski definition) is 2. The number of nitrogens with one attached hydrogen (secondary N) is 2. The maximum atomic E-state index is 11.5. The Hall–Kier alpha value is -1.07. The van der Waals surface area contributed by atoms with E-state index in [1.54, 1.807) is 0 Å². The Bertz CT molecular complexity index is 450. The molecule has 5 heteroatoms. The van der Waals surface area contributed by atoms with Crippen molar-refractivity contribution in [1.29, 1.82) is 0 Å². The summed E-state index contributed by atoms with van der Waals surface area (Å²) < 4.78 is 6.38. The molecule has 0 aliphatic rings. The van der Waals surface area contributed by atoms with Gasteiger partial charge in [0.25, 0.3) is 5.91 Å². The van der Waals surface area contributed by atoms with Gasteiger partial charge in [0.15, 0.2) is 6.61 Å². The molecule has 4 nitrogen and oxygen atoms in total. The van der Waals surface area contributed by atoms with E-state index in [1.165, 1.54) is 5.56 Å². The molecule has 0 aliphatic carbocycles. The average molecular weight is 357 g/mol. The summed E-state index contributed by atoms with van der Waals surface area (Å²) in [5.41, 5.74) is 1.19. The lowest BCUT2D eigenvalue weighted by Crippen LogP contribution is -2.29. The van der Waals surface area contributed by atoms with Crippen LogP contribution in [-0.2, 0) is 11.3 Å². The summed E-state index contributed by atoms with van der Waals surface area (Å²) in [6.45, 7) is 8.94. The molecular formula is C16H25BrN2O2. The first kappa shape index (κ1) is 18.0. The zero-order valence-corrected chi connectivity index (χ0v) is 14.6. The van der Waals surface area contributed by atoms with Crippen molar-refractivity contribution in [3.8, 4) is 5.75 Å². The lowest BCUT2D eigenvalue weighted by atomic mass is 10.2. The zero-order valence-electron chi connectivity index (χ0n) is 13.0. The van der Waals surface area contributed by atoms with E-state index in [2.05, 4.69) is 40.4 Å². The van der Waals surface area contributed by atoms with Gasteiger partial charge < -0.3 is 15.4 Å². The van der Waals surface area contributed by atoms with Crippen molar-refractivity contribution >= 4 is 21.8 Å². The van der Waals surface area contributed by atoms with E-state index >= 15 is 0 Å². The Kier molecular flexibility index (Phi) is 8.38. The predicted molar refractivity (Wildman–Crippen MR) is 89.5 cm³/mol. The maximum absolute atomic E-state index is 11.5. The Morgan fingerprint density at radius 1 is 1.38 bits per heavy atom. The number of rotatable bonds is 9. The van der Waals surface area contributed by atoms with E-state index in [9.17, 15) is 4.79 Å². The highest BCUT2D eigenvalue weighted by molar-refractivity contribution is 9.10. The Labute approximate surface area is 135 Å². The number of carbonyl (C=O) groups is 1. The second kappa shape index (κ2) is 9.79. The number of ether oxygens (including phenoxy) is 1. The molecule has 21 heavy (non-hydrogen) atoms. The summed E-state index contributed by atoms with van der Waals surface area (Å²) in [7, 11) is 0. The van der Waals surface area contributed by atoms with Crippen LogP contribution in [0.5, 0.6) is 5.75 Å². The van der Waals surface area contributed by atoms with Gasteiger partial charge in [0, 0.05) is 13.1 Å². The van der Waals surface area contributed by atoms with Gasteiger partial charge in [0.05, 0.1) is 4.47 Å². The largest absolute Gasteiger partial charge is 0.483 e. The molecule has 0 radical (unpaired) electrons. The second-order valence-corrected chi connectivity index (χ2v) is 6.28. The summed E-state index contributed by atoms with van der Waals surface area (Å²) in [5.74, 6) is 1.23. The number of halogens is 1. The lowest BCUT2D eigenvalue weighted by Gasteiger charge is -2.11. The van der Waals surface area contributed by atoms with Gasteiger partial charge in [-0.1, -0.05) is 26.8 Å². The van der Waals surface area contributed by atoms with Crippen LogP contribution in [0.3, 0.4) is 0 Å². The molecule has 2 N–H and O–H groups in total. The Morgan fingerprint density at radius 3 is 2.76 bits per heavy atom. The first-order valence-electron chi connectivity index (χ1n) is 7.41. The summed E-state index contributed by atoms with van der Waals surface area (Å²) in [5, 5.41) is 6.18. The number of amides is 1. The van der Waals surface area contributed by atoms with Crippen LogP contribution in [-0.4, -0.2) is 25.6 Å². The fourth-order valence-corrected chi connectivity index (χ4v) is 2.28. The summed E-state index contributed by atoms with van der Waals surface area (Å²) >= 11 is 3.49. The van der Waals surface area contributed by atoms with Crippen LogP contribution in [0.4, 0.5) is 0 Å². The fraction of sp³-hybridized carbons (Fsp3) is 0.562. The van der Waals surface area contributed by atoms with E-state index in [4.69, 9.17) is 4.74 Å². The molecule has 0 unspecified atom stereocenters. The van der Waals surface area contributed by atoms with E-state index in [0.717, 1.165) is 24.0 Å². The smallest absolute Gasteiger partial charge is 0.257 e. The molecule has 0 spiro atoms. The Balaban J connectivity index is 2.44. The van der Waals surface area contributed by atoms with Crippen LogP contribution < -0.4 is 15.4 Å². The molecule has 1 rings (SSSR count). The van der Waals surface area contributed by atoms with Crippen molar-refractivity contribution in [3.05, 3.63) is 28.2 Å². The van der Waals surface area contributed by atoms with Crippen molar-refractivity contribution < 1.29 is 9.53 Å². The highest BCUT2D eigenvalue weighted by atomic mass is 79.9. The molecule has 1 amide bonds. The number of benzene rings is 1. The molecule has 0 saturated carbocycles. The van der Waals surface area contributed by atoms with Crippen LogP contribution in [0, 0.1) is 5.92 Å². The normalized spacial score (nSPS) is 10.7. The molecule has 0 aliphatic heterocycles. The summed E-state index contributed by atoms with van der Waals surface area (Å²) in [6.07, 6.45) is 0.924. The van der Waals surface area contributed by atoms with Gasteiger partial charge in [-0.15, -0.1) is 0 Å². The first-order valence-corrected chi connectivity index (χ1v) is 8.20. The molecular weight excluding hydrogens is 332 g/mol. The van der Waals surface area contributed by atoms with Gasteiger partial charge in [0.2, 0.25) is 0 Å². The molecule has 0 atom stereocenters. The molecule has 0 fully saturated rings. The molecule has 1 aromatic carbocycles. The van der Waals surface area contributed by atoms with Crippen molar-refractivity contribution in [3.63, 3.8) is 0 Å². The number of carbonyl (C=O) groups excluding carboxylic acids is 1. The van der Waals surface area contributed by atoms with E-state index in [1.807, 2.05) is 25.1 Å². The molecule has 0 aromatic heterocycles. The van der Waals surface area contributed by atoms with Crippen LogP contribution in [0.25, 0.3) is 0 Å². The monoisotopic (exact) mass is 356 g/mol. The lowest BCUT2D eigenvalue weighted by molar-refractivity contribution is -0.123. The van der Waals surface area contributed by atoms with Crippen LogP contribution in [0.1, 0.15) is 32.8 Å². The Morgan fingerprint density at radius 2 is 2.14 bits per heavy atom. The van der Waals surface area contributed by atoms with Gasteiger partial charge in [0.1, 0.15) is 5.75 Å². The van der Waals surface area contributed by atoms with Gasteiger partial charge >= 0.3 is 0 Å². The topological polar surface area (TPSA) is 50.4 Å². The highest BCUT2D eigenvalue weighted by Crippen LogP contribution is 2.26. The quantitative estimate of drug-likeness (QED) is 0.714. The van der Waals surface area contributed by atoms with Gasteiger partial charge in [-0.25, -0.2) is 0 Å². The third-order valence-corrected chi connectivity index (χ3v) is 3.43. The minimum atomic E-state index is -0.0913. The van der Waals surface area contributed by atoms with E-state index < -0.39 is 0 Å². The fourth-order valence-electron chi connectivity index (χ4n) is 1.74. The molecule has 0 bridgehead atoms. The third-order valence-electron chi connectivity index (χ3n) is 2.81. The van der Waals surface area contributed by atoms with Crippen molar-refractivity contribution in [2.75, 3.05) is 19.7 Å². The van der Waals surface area contributed by atoms with Gasteiger partial charge in [-0.3, -0.25) is 4.79 Å².